The van der Waals surface area contributed by atoms with E-state index in [9.17, 15) is 5.11 Å². The van der Waals surface area contributed by atoms with Gasteiger partial charge in [-0.3, -0.25) is 4.99 Å². The van der Waals surface area contributed by atoms with Crippen LogP contribution in [-0.2, 0) is 6.42 Å². The van der Waals surface area contributed by atoms with Crippen LogP contribution in [0.5, 0.6) is 0 Å². The highest BCUT2D eigenvalue weighted by atomic mass is 32.1. The molecule has 1 aromatic rings. The zero-order valence-electron chi connectivity index (χ0n) is 12.2. The number of hydrogen-bond acceptors (Lipinski definition) is 4. The number of aliphatic imine (C=N–C) groups is 1. The number of guanidine groups is 1. The van der Waals surface area contributed by atoms with Crippen molar-refractivity contribution in [2.24, 2.45) is 10.9 Å². The van der Waals surface area contributed by atoms with Crippen molar-refractivity contribution in [3.63, 3.8) is 0 Å². The van der Waals surface area contributed by atoms with Crippen molar-refractivity contribution in [1.82, 2.24) is 15.6 Å². The molecule has 0 amide bonds. The number of nitrogens with zero attached hydrogens (tertiary/aromatic N) is 2. The summed E-state index contributed by atoms with van der Waals surface area (Å²) in [6.07, 6.45) is 3.91. The maximum atomic E-state index is 9.79. The average Bonchev–Trinajstić information content (AvgIpc) is 3.03. The summed E-state index contributed by atoms with van der Waals surface area (Å²) in [7, 11) is 1.77. The van der Waals surface area contributed by atoms with Gasteiger partial charge in [-0.1, -0.05) is 6.42 Å². The van der Waals surface area contributed by atoms with Crippen LogP contribution >= 0.6 is 11.3 Å². The summed E-state index contributed by atoms with van der Waals surface area (Å²) < 4.78 is 0. The van der Waals surface area contributed by atoms with Gasteiger partial charge in [0.25, 0.3) is 0 Å². The molecule has 0 spiro atoms. The van der Waals surface area contributed by atoms with E-state index in [1.807, 2.05) is 6.92 Å². The molecular formula is C14H24N4OS. The van der Waals surface area contributed by atoms with Gasteiger partial charge in [-0.05, 0) is 19.8 Å². The molecule has 2 rings (SSSR count). The predicted molar refractivity (Wildman–Crippen MR) is 83.3 cm³/mol. The zero-order valence-corrected chi connectivity index (χ0v) is 13.0. The van der Waals surface area contributed by atoms with Crippen molar-refractivity contribution in [3.05, 3.63) is 16.1 Å². The Labute approximate surface area is 124 Å². The molecule has 3 N–H and O–H groups in total. The van der Waals surface area contributed by atoms with Crippen molar-refractivity contribution < 1.29 is 5.11 Å². The fourth-order valence-corrected chi connectivity index (χ4v) is 3.18. The summed E-state index contributed by atoms with van der Waals surface area (Å²) >= 11 is 1.68. The molecule has 0 saturated heterocycles. The molecule has 2 unspecified atom stereocenters. The van der Waals surface area contributed by atoms with Crippen molar-refractivity contribution in [3.8, 4) is 0 Å². The highest BCUT2D eigenvalue weighted by molar-refractivity contribution is 7.09. The first-order valence-corrected chi connectivity index (χ1v) is 8.10. The highest BCUT2D eigenvalue weighted by Crippen LogP contribution is 2.24. The summed E-state index contributed by atoms with van der Waals surface area (Å²) in [6.45, 7) is 3.63. The first-order chi connectivity index (χ1) is 9.69. The Morgan fingerprint density at radius 3 is 2.95 bits per heavy atom. The first kappa shape index (κ1) is 15.3. The second-order valence-corrected chi connectivity index (χ2v) is 6.31. The summed E-state index contributed by atoms with van der Waals surface area (Å²) in [5, 5.41) is 19.6. The maximum absolute atomic E-state index is 9.79. The van der Waals surface area contributed by atoms with Crippen molar-refractivity contribution in [2.45, 2.75) is 38.7 Å². The van der Waals surface area contributed by atoms with E-state index in [1.54, 1.807) is 18.4 Å². The van der Waals surface area contributed by atoms with E-state index in [4.69, 9.17) is 0 Å². The van der Waals surface area contributed by atoms with Gasteiger partial charge in [-0.15, -0.1) is 11.3 Å². The molecule has 1 aliphatic carbocycles. The van der Waals surface area contributed by atoms with Gasteiger partial charge in [-0.25, -0.2) is 4.98 Å². The predicted octanol–water partition coefficient (Wildman–Crippen LogP) is 1.32. The lowest BCUT2D eigenvalue weighted by Crippen LogP contribution is -2.41. The van der Waals surface area contributed by atoms with Crippen LogP contribution in [0.4, 0.5) is 0 Å². The molecular weight excluding hydrogens is 272 g/mol. The van der Waals surface area contributed by atoms with Gasteiger partial charge in [-0.2, -0.15) is 0 Å². The number of hydrogen-bond donors (Lipinski definition) is 3. The summed E-state index contributed by atoms with van der Waals surface area (Å²) in [5.74, 6) is 1.16. The Kier molecular flexibility index (Phi) is 5.79. The maximum Gasteiger partial charge on any atom is 0.191 e. The molecule has 0 aromatic carbocycles. The second kappa shape index (κ2) is 7.59. The minimum atomic E-state index is -0.154. The van der Waals surface area contributed by atoms with Gasteiger partial charge in [0.05, 0.1) is 16.8 Å². The minimum absolute atomic E-state index is 0.154. The number of aryl methyl sites for hydroxylation is 1. The van der Waals surface area contributed by atoms with E-state index in [0.717, 1.165) is 55.4 Å². The Bertz CT molecular complexity index is 446. The minimum Gasteiger partial charge on any atom is -0.393 e. The Morgan fingerprint density at radius 1 is 1.50 bits per heavy atom. The molecule has 5 nitrogen and oxygen atoms in total. The molecule has 0 bridgehead atoms. The number of aromatic nitrogens is 1. The van der Waals surface area contributed by atoms with Gasteiger partial charge >= 0.3 is 0 Å². The van der Waals surface area contributed by atoms with E-state index >= 15 is 0 Å². The number of thiazole rings is 1. The third kappa shape index (κ3) is 4.45. The molecule has 1 saturated carbocycles. The van der Waals surface area contributed by atoms with Crippen LogP contribution in [0.15, 0.2) is 10.4 Å². The lowest BCUT2D eigenvalue weighted by molar-refractivity contribution is 0.134. The Balaban J connectivity index is 1.67. The van der Waals surface area contributed by atoms with Crippen LogP contribution in [0.2, 0.25) is 0 Å². The lowest BCUT2D eigenvalue weighted by Gasteiger charge is -2.17. The molecule has 6 heteroatoms. The fraction of sp³-hybridized carbons (Fsp3) is 0.714. The Morgan fingerprint density at radius 2 is 2.35 bits per heavy atom. The molecule has 0 aliphatic heterocycles. The van der Waals surface area contributed by atoms with E-state index in [0.29, 0.717) is 5.92 Å². The molecule has 20 heavy (non-hydrogen) atoms. The van der Waals surface area contributed by atoms with Crippen molar-refractivity contribution >= 4 is 17.3 Å². The van der Waals surface area contributed by atoms with Gasteiger partial charge in [0.2, 0.25) is 0 Å². The van der Waals surface area contributed by atoms with Crippen LogP contribution in [0.1, 0.15) is 30.0 Å². The standard InChI is InChI=1S/C14H24N4OS/c1-10-18-12(9-20-10)6-7-16-14(15-2)17-8-11-4-3-5-13(11)19/h9,11,13,19H,3-8H2,1-2H3,(H2,15,16,17). The smallest absolute Gasteiger partial charge is 0.191 e. The first-order valence-electron chi connectivity index (χ1n) is 7.22. The largest absolute Gasteiger partial charge is 0.393 e. The van der Waals surface area contributed by atoms with Gasteiger partial charge in [0, 0.05) is 37.9 Å². The number of aliphatic hydroxyl groups excluding tert-OH is 1. The highest BCUT2D eigenvalue weighted by Gasteiger charge is 2.24. The zero-order chi connectivity index (χ0) is 14.4. The molecule has 0 radical (unpaired) electrons. The lowest BCUT2D eigenvalue weighted by atomic mass is 10.1. The molecule has 1 fully saturated rings. The van der Waals surface area contributed by atoms with E-state index in [-0.39, 0.29) is 6.10 Å². The molecule has 1 aliphatic rings. The van der Waals surface area contributed by atoms with Gasteiger partial charge in [0.1, 0.15) is 0 Å². The summed E-state index contributed by atoms with van der Waals surface area (Å²) in [6, 6.07) is 0. The third-order valence-electron chi connectivity index (χ3n) is 3.71. The average molecular weight is 296 g/mol. The normalized spacial score (nSPS) is 23.1. The van der Waals surface area contributed by atoms with E-state index < -0.39 is 0 Å². The SMILES string of the molecule is CN=C(NCCc1csc(C)n1)NCC1CCCC1O. The van der Waals surface area contributed by atoms with Gasteiger partial charge < -0.3 is 15.7 Å². The van der Waals surface area contributed by atoms with Crippen LogP contribution < -0.4 is 10.6 Å². The molecule has 112 valence electrons. The number of nitrogens with one attached hydrogen (secondary N) is 2. The van der Waals surface area contributed by atoms with E-state index in [2.05, 4.69) is 26.0 Å². The van der Waals surface area contributed by atoms with Crippen molar-refractivity contribution in [2.75, 3.05) is 20.1 Å². The quantitative estimate of drug-likeness (QED) is 0.566. The van der Waals surface area contributed by atoms with Crippen LogP contribution in [0, 0.1) is 12.8 Å². The summed E-state index contributed by atoms with van der Waals surface area (Å²) in [4.78, 5) is 8.64. The molecule has 2 atom stereocenters. The van der Waals surface area contributed by atoms with Crippen LogP contribution in [0.25, 0.3) is 0 Å². The van der Waals surface area contributed by atoms with Gasteiger partial charge in [0.15, 0.2) is 5.96 Å². The monoisotopic (exact) mass is 296 g/mol. The summed E-state index contributed by atoms with van der Waals surface area (Å²) in [5.41, 5.74) is 1.13. The number of rotatable bonds is 5. The van der Waals surface area contributed by atoms with Crippen LogP contribution in [0.3, 0.4) is 0 Å². The van der Waals surface area contributed by atoms with E-state index in [1.165, 1.54) is 0 Å². The van der Waals surface area contributed by atoms with Crippen molar-refractivity contribution in [1.29, 1.82) is 0 Å². The second-order valence-electron chi connectivity index (χ2n) is 5.25. The topological polar surface area (TPSA) is 69.5 Å². The third-order valence-corrected chi connectivity index (χ3v) is 4.54. The molecule has 1 aromatic heterocycles. The fourth-order valence-electron chi connectivity index (χ4n) is 2.54. The van der Waals surface area contributed by atoms with Crippen LogP contribution in [-0.4, -0.2) is 42.3 Å². The number of aliphatic hydroxyl groups is 1. The Hall–Kier alpha value is -1.14. The molecule has 1 heterocycles.